The van der Waals surface area contributed by atoms with E-state index in [1.165, 1.54) is 23.2 Å². The Morgan fingerprint density at radius 1 is 1.36 bits per heavy atom. The van der Waals surface area contributed by atoms with Crippen LogP contribution in [0.4, 0.5) is 10.8 Å². The van der Waals surface area contributed by atoms with Crippen molar-refractivity contribution in [2.24, 2.45) is 0 Å². The van der Waals surface area contributed by atoms with Gasteiger partial charge in [-0.05, 0) is 37.6 Å². The van der Waals surface area contributed by atoms with E-state index in [-0.39, 0.29) is 0 Å². The molecule has 1 atom stereocenters. The number of hydrogen-bond acceptors (Lipinski definition) is 5. The van der Waals surface area contributed by atoms with Crippen LogP contribution in [0.5, 0.6) is 5.75 Å². The number of aliphatic carboxylic acids is 1. The molecule has 1 aromatic heterocycles. The Balaban J connectivity index is 1.94. The standard InChI is InChI=1S/C19H14Cl2N2O4S/c1-9-4-3-5-12-16(9)27-19(2,8-14(24)25)17(26)23(12)18-22-15-11(21)6-10(20)7-13(15)28-18/h3-7H,8H2,1-2H3,(H,24,25). The lowest BCUT2D eigenvalue weighted by atomic mass is 9.96. The summed E-state index contributed by atoms with van der Waals surface area (Å²) in [7, 11) is 0. The Morgan fingerprint density at radius 3 is 2.82 bits per heavy atom. The summed E-state index contributed by atoms with van der Waals surface area (Å²) in [5.74, 6) is -1.18. The number of amides is 1. The first kappa shape index (κ1) is 19.0. The zero-order valence-corrected chi connectivity index (χ0v) is 17.2. The fourth-order valence-electron chi connectivity index (χ4n) is 3.19. The lowest BCUT2D eigenvalue weighted by Crippen LogP contribution is -2.53. The number of aromatic nitrogens is 1. The van der Waals surface area contributed by atoms with Crippen molar-refractivity contribution in [1.82, 2.24) is 4.98 Å². The first-order valence-electron chi connectivity index (χ1n) is 8.30. The van der Waals surface area contributed by atoms with Crippen molar-refractivity contribution in [1.29, 1.82) is 0 Å². The number of hydrogen-bond donors (Lipinski definition) is 1. The normalized spacial score (nSPS) is 18.9. The van der Waals surface area contributed by atoms with Gasteiger partial charge < -0.3 is 9.84 Å². The molecule has 0 fully saturated rings. The lowest BCUT2D eigenvalue weighted by Gasteiger charge is -2.39. The fraction of sp³-hybridized carbons (Fsp3) is 0.211. The van der Waals surface area contributed by atoms with Gasteiger partial charge in [-0.25, -0.2) is 9.88 Å². The summed E-state index contributed by atoms with van der Waals surface area (Å²) in [6.45, 7) is 3.31. The van der Waals surface area contributed by atoms with Crippen LogP contribution in [0, 0.1) is 6.92 Å². The van der Waals surface area contributed by atoms with Gasteiger partial charge in [-0.15, -0.1) is 0 Å². The zero-order chi connectivity index (χ0) is 20.2. The van der Waals surface area contributed by atoms with Crippen LogP contribution in [0.1, 0.15) is 18.9 Å². The molecule has 2 heterocycles. The van der Waals surface area contributed by atoms with Crippen molar-refractivity contribution >= 4 is 67.5 Å². The minimum Gasteiger partial charge on any atom is -0.481 e. The van der Waals surface area contributed by atoms with Crippen LogP contribution in [-0.4, -0.2) is 27.6 Å². The predicted octanol–water partition coefficient (Wildman–Crippen LogP) is 5.20. The number of thiazole rings is 1. The monoisotopic (exact) mass is 436 g/mol. The van der Waals surface area contributed by atoms with Crippen molar-refractivity contribution in [3.05, 3.63) is 45.9 Å². The van der Waals surface area contributed by atoms with E-state index in [2.05, 4.69) is 4.98 Å². The SMILES string of the molecule is Cc1cccc2c1OC(C)(CC(=O)O)C(=O)N2c1nc2c(Cl)cc(Cl)cc2s1. The van der Waals surface area contributed by atoms with Gasteiger partial charge in [0.05, 0.1) is 21.8 Å². The molecule has 2 aromatic carbocycles. The molecule has 1 N–H and O–H groups in total. The molecule has 4 rings (SSSR count). The quantitative estimate of drug-likeness (QED) is 0.609. The fourth-order valence-corrected chi connectivity index (χ4v) is 4.89. The molecule has 1 aliphatic rings. The Labute approximate surface area is 174 Å². The highest BCUT2D eigenvalue weighted by Crippen LogP contribution is 2.47. The molecule has 3 aromatic rings. The van der Waals surface area contributed by atoms with Crippen LogP contribution < -0.4 is 9.64 Å². The molecule has 0 radical (unpaired) electrons. The number of benzene rings is 2. The van der Waals surface area contributed by atoms with Crippen LogP contribution in [0.15, 0.2) is 30.3 Å². The number of para-hydroxylation sites is 1. The van der Waals surface area contributed by atoms with Gasteiger partial charge in [0, 0.05) is 5.02 Å². The van der Waals surface area contributed by atoms with Crippen molar-refractivity contribution in [2.45, 2.75) is 25.9 Å². The number of anilines is 2. The number of halogens is 2. The largest absolute Gasteiger partial charge is 0.481 e. The average molecular weight is 437 g/mol. The van der Waals surface area contributed by atoms with E-state index >= 15 is 0 Å². The van der Waals surface area contributed by atoms with Crippen molar-refractivity contribution < 1.29 is 19.4 Å². The minimum absolute atomic E-state index is 0.371. The van der Waals surface area contributed by atoms with E-state index in [9.17, 15) is 14.7 Å². The molecule has 0 saturated carbocycles. The first-order chi connectivity index (χ1) is 13.2. The van der Waals surface area contributed by atoms with Crippen LogP contribution in [-0.2, 0) is 9.59 Å². The molecule has 9 heteroatoms. The third-order valence-corrected chi connectivity index (χ3v) is 5.99. The molecule has 144 valence electrons. The van der Waals surface area contributed by atoms with Crippen LogP contribution >= 0.6 is 34.5 Å². The van der Waals surface area contributed by atoms with Gasteiger partial charge in [-0.3, -0.25) is 9.59 Å². The molecule has 0 spiro atoms. The molecule has 1 aliphatic heterocycles. The van der Waals surface area contributed by atoms with Gasteiger partial charge in [0.1, 0.15) is 11.3 Å². The molecule has 6 nitrogen and oxygen atoms in total. The maximum atomic E-state index is 13.3. The molecule has 0 bridgehead atoms. The molecular weight excluding hydrogens is 423 g/mol. The van der Waals surface area contributed by atoms with E-state index in [0.29, 0.717) is 32.1 Å². The molecule has 1 unspecified atom stereocenters. The van der Waals surface area contributed by atoms with Gasteiger partial charge in [0.25, 0.3) is 5.91 Å². The number of carbonyl (C=O) groups is 2. The summed E-state index contributed by atoms with van der Waals surface area (Å²) in [5, 5.41) is 10.5. The van der Waals surface area contributed by atoms with Gasteiger partial charge in [0.15, 0.2) is 10.7 Å². The Bertz CT molecular complexity index is 1150. The summed E-state index contributed by atoms with van der Waals surface area (Å²) < 4.78 is 6.62. The number of aryl methyl sites for hydroxylation is 1. The third kappa shape index (κ3) is 2.99. The number of carboxylic acids is 1. The zero-order valence-electron chi connectivity index (χ0n) is 14.8. The number of rotatable bonds is 3. The molecule has 0 aliphatic carbocycles. The van der Waals surface area contributed by atoms with E-state index in [4.69, 9.17) is 27.9 Å². The number of nitrogens with zero attached hydrogens (tertiary/aromatic N) is 2. The third-order valence-electron chi connectivity index (χ3n) is 4.50. The summed E-state index contributed by atoms with van der Waals surface area (Å²) in [4.78, 5) is 30.7. The van der Waals surface area contributed by atoms with Crippen LogP contribution in [0.2, 0.25) is 10.0 Å². The highest BCUT2D eigenvalue weighted by atomic mass is 35.5. The van der Waals surface area contributed by atoms with Crippen LogP contribution in [0.25, 0.3) is 10.2 Å². The van der Waals surface area contributed by atoms with Crippen molar-refractivity contribution in [3.8, 4) is 5.75 Å². The summed E-state index contributed by atoms with van der Waals surface area (Å²) in [6.07, 6.45) is -0.479. The van der Waals surface area contributed by atoms with Crippen LogP contribution in [0.3, 0.4) is 0 Å². The Hall–Kier alpha value is -2.35. The second-order valence-electron chi connectivity index (χ2n) is 6.70. The maximum Gasteiger partial charge on any atom is 0.307 e. The molecule has 1 amide bonds. The number of carboxylic acid groups (broad SMARTS) is 1. The molecule has 0 saturated heterocycles. The van der Waals surface area contributed by atoms with Gasteiger partial charge in [-0.1, -0.05) is 46.7 Å². The van der Waals surface area contributed by atoms with Crippen molar-refractivity contribution in [3.63, 3.8) is 0 Å². The highest BCUT2D eigenvalue weighted by molar-refractivity contribution is 7.22. The van der Waals surface area contributed by atoms with E-state index in [1.54, 1.807) is 24.3 Å². The number of ether oxygens (including phenoxy) is 1. The van der Waals surface area contributed by atoms with E-state index in [1.807, 2.05) is 13.0 Å². The van der Waals surface area contributed by atoms with Gasteiger partial charge in [-0.2, -0.15) is 0 Å². The first-order valence-corrected chi connectivity index (χ1v) is 9.87. The second-order valence-corrected chi connectivity index (χ2v) is 8.55. The second kappa shape index (κ2) is 6.62. The smallest absolute Gasteiger partial charge is 0.307 e. The summed E-state index contributed by atoms with van der Waals surface area (Å²) in [6, 6.07) is 8.68. The molecule has 28 heavy (non-hydrogen) atoms. The van der Waals surface area contributed by atoms with Gasteiger partial charge in [0.2, 0.25) is 0 Å². The summed E-state index contributed by atoms with van der Waals surface area (Å²) >= 11 is 13.6. The number of carbonyl (C=O) groups excluding carboxylic acids is 1. The average Bonchev–Trinajstić information content (AvgIpc) is 3.00. The highest BCUT2D eigenvalue weighted by Gasteiger charge is 2.48. The maximum absolute atomic E-state index is 13.3. The summed E-state index contributed by atoms with van der Waals surface area (Å²) in [5.41, 5.74) is 0.256. The lowest BCUT2D eigenvalue weighted by molar-refractivity contribution is -0.148. The predicted molar refractivity (Wildman–Crippen MR) is 109 cm³/mol. The van der Waals surface area contributed by atoms with Crippen molar-refractivity contribution in [2.75, 3.05) is 4.90 Å². The van der Waals surface area contributed by atoms with E-state index in [0.717, 1.165) is 10.3 Å². The van der Waals surface area contributed by atoms with Gasteiger partial charge >= 0.3 is 5.97 Å². The van der Waals surface area contributed by atoms with E-state index < -0.39 is 23.9 Å². The topological polar surface area (TPSA) is 79.7 Å². The Kier molecular flexibility index (Phi) is 4.49. The minimum atomic E-state index is -1.57. The number of fused-ring (bicyclic) bond motifs is 2. The Morgan fingerprint density at radius 2 is 2.11 bits per heavy atom. The molecular formula is C19H14Cl2N2O4S.